The number of amides is 1. The smallest absolute Gasteiger partial charge is 0.220 e. The van der Waals surface area contributed by atoms with E-state index in [4.69, 9.17) is 0 Å². The molecule has 0 radical (unpaired) electrons. The maximum absolute atomic E-state index is 12.4. The molecule has 0 aromatic rings. The maximum Gasteiger partial charge on any atom is 0.220 e. The molecule has 1 amide bonds. The third kappa shape index (κ3) is 3.82. The molecule has 1 aliphatic carbocycles. The molecular weight excluding hydrogens is 304 g/mol. The van der Waals surface area contributed by atoms with Crippen LogP contribution in [-0.4, -0.2) is 37.6 Å². The Labute approximate surface area is 144 Å². The van der Waals surface area contributed by atoms with Gasteiger partial charge in [0.15, 0.2) is 0 Å². The number of carbonyl (C=O) groups excluding carboxylic acids is 2. The highest BCUT2D eigenvalue weighted by Gasteiger charge is 2.42. The number of piperidine rings is 3. The average molecular weight is 334 g/mol. The van der Waals surface area contributed by atoms with Gasteiger partial charge in [0.25, 0.3) is 0 Å². The SMILES string of the molecule is C=C[C@H]1C[NH+]2CC[C@@H]1C[C@@H]2CNC(=O)CC1(CC(=O)[O-])CCCC1. The minimum Gasteiger partial charge on any atom is -0.550 e. The maximum atomic E-state index is 12.4. The van der Waals surface area contributed by atoms with Crippen molar-refractivity contribution in [1.82, 2.24) is 5.32 Å². The summed E-state index contributed by atoms with van der Waals surface area (Å²) in [6.07, 6.45) is 8.59. The second-order valence-corrected chi connectivity index (χ2v) is 8.23. The van der Waals surface area contributed by atoms with Crippen molar-refractivity contribution in [2.75, 3.05) is 19.6 Å². The minimum absolute atomic E-state index is 0.0143. The first-order valence-corrected chi connectivity index (χ1v) is 9.45. The summed E-state index contributed by atoms with van der Waals surface area (Å²) in [5.41, 5.74) is -0.366. The monoisotopic (exact) mass is 334 g/mol. The fourth-order valence-corrected chi connectivity index (χ4v) is 5.34. The predicted molar refractivity (Wildman–Crippen MR) is 89.0 cm³/mol. The molecule has 0 spiro atoms. The van der Waals surface area contributed by atoms with Gasteiger partial charge in [0.1, 0.15) is 6.04 Å². The highest BCUT2D eigenvalue weighted by Crippen LogP contribution is 2.43. The average Bonchev–Trinajstić information content (AvgIpc) is 3.00. The van der Waals surface area contributed by atoms with Crippen LogP contribution in [0, 0.1) is 17.3 Å². The van der Waals surface area contributed by atoms with Gasteiger partial charge in [0.05, 0.1) is 19.6 Å². The molecule has 134 valence electrons. The van der Waals surface area contributed by atoms with Gasteiger partial charge in [-0.3, -0.25) is 4.79 Å². The van der Waals surface area contributed by atoms with E-state index in [1.54, 1.807) is 4.90 Å². The van der Waals surface area contributed by atoms with Crippen molar-refractivity contribution in [1.29, 1.82) is 0 Å². The Kier molecular flexibility index (Phi) is 5.28. The first-order chi connectivity index (χ1) is 11.5. The summed E-state index contributed by atoms with van der Waals surface area (Å²) in [4.78, 5) is 25.0. The Morgan fingerprint density at radius 2 is 2.04 bits per heavy atom. The Hall–Kier alpha value is -1.36. The molecule has 0 aromatic carbocycles. The van der Waals surface area contributed by atoms with Crippen LogP contribution in [-0.2, 0) is 9.59 Å². The molecule has 24 heavy (non-hydrogen) atoms. The van der Waals surface area contributed by atoms with Crippen LogP contribution >= 0.6 is 0 Å². The second kappa shape index (κ2) is 7.26. The predicted octanol–water partition coefficient (Wildman–Crippen LogP) is -0.328. The van der Waals surface area contributed by atoms with Gasteiger partial charge < -0.3 is 20.1 Å². The molecule has 3 aliphatic heterocycles. The van der Waals surface area contributed by atoms with Gasteiger partial charge in [-0.15, -0.1) is 6.58 Å². The van der Waals surface area contributed by atoms with E-state index in [9.17, 15) is 14.7 Å². The van der Waals surface area contributed by atoms with Crippen LogP contribution in [0.2, 0.25) is 0 Å². The molecule has 3 heterocycles. The summed E-state index contributed by atoms with van der Waals surface area (Å²) < 4.78 is 0. The normalized spacial score (nSPS) is 34.0. The first kappa shape index (κ1) is 17.5. The highest BCUT2D eigenvalue weighted by molar-refractivity contribution is 5.77. The van der Waals surface area contributed by atoms with Gasteiger partial charge in [0.2, 0.25) is 5.91 Å². The number of carbonyl (C=O) groups is 2. The number of nitrogens with one attached hydrogen (secondary N) is 2. The number of hydrogen-bond donors (Lipinski definition) is 2. The molecule has 0 aromatic heterocycles. The fraction of sp³-hybridized carbons (Fsp3) is 0.789. The van der Waals surface area contributed by atoms with Crippen molar-refractivity contribution >= 4 is 11.9 Å². The van der Waals surface area contributed by atoms with Crippen molar-refractivity contribution < 1.29 is 19.6 Å². The molecule has 4 aliphatic rings. The number of rotatable bonds is 7. The fourth-order valence-electron chi connectivity index (χ4n) is 5.34. The third-order valence-corrected chi connectivity index (χ3v) is 6.67. The molecule has 1 saturated carbocycles. The number of hydrogen-bond acceptors (Lipinski definition) is 3. The quantitative estimate of drug-likeness (QED) is 0.626. The van der Waals surface area contributed by atoms with Gasteiger partial charge in [-0.1, -0.05) is 18.9 Å². The van der Waals surface area contributed by atoms with Crippen LogP contribution in [0.1, 0.15) is 51.4 Å². The van der Waals surface area contributed by atoms with E-state index in [-0.39, 0.29) is 17.7 Å². The zero-order valence-corrected chi connectivity index (χ0v) is 14.5. The minimum atomic E-state index is -1.03. The van der Waals surface area contributed by atoms with E-state index in [0.717, 1.165) is 51.1 Å². The summed E-state index contributed by atoms with van der Waals surface area (Å²) >= 11 is 0. The van der Waals surface area contributed by atoms with Crippen LogP contribution < -0.4 is 15.3 Å². The summed E-state index contributed by atoms with van der Waals surface area (Å²) in [5, 5.41) is 14.1. The van der Waals surface area contributed by atoms with Gasteiger partial charge in [-0.25, -0.2) is 0 Å². The Bertz CT molecular complexity index is 499. The summed E-state index contributed by atoms with van der Waals surface area (Å²) in [6.45, 7) is 7.01. The molecule has 4 fully saturated rings. The van der Waals surface area contributed by atoms with Crippen LogP contribution in [0.5, 0.6) is 0 Å². The van der Waals surface area contributed by atoms with E-state index in [0.29, 0.717) is 18.4 Å². The summed E-state index contributed by atoms with van der Waals surface area (Å²) in [5.74, 6) is 0.340. The van der Waals surface area contributed by atoms with Gasteiger partial charge in [-0.2, -0.15) is 0 Å². The molecule has 4 atom stereocenters. The Morgan fingerprint density at radius 1 is 1.29 bits per heavy atom. The molecule has 2 bridgehead atoms. The van der Waals surface area contributed by atoms with Crippen LogP contribution in [0.15, 0.2) is 12.7 Å². The summed E-state index contributed by atoms with van der Waals surface area (Å²) in [6, 6.07) is 0.504. The third-order valence-electron chi connectivity index (χ3n) is 6.67. The standard InChI is InChI=1S/C19H30N2O3/c1-2-14-13-21-8-5-15(14)9-16(21)12-20-17(22)10-19(11-18(23)24)6-3-4-7-19/h2,14-16H,1,3-13H2,(H,20,22)(H,23,24)/t14-,15+,16+/m0/s1. The highest BCUT2D eigenvalue weighted by atomic mass is 16.4. The molecule has 2 N–H and O–H groups in total. The number of carboxylic acids is 1. The number of fused-ring (bicyclic) bond motifs is 3. The lowest BCUT2D eigenvalue weighted by Crippen LogP contribution is -3.20. The number of quaternary nitrogens is 1. The van der Waals surface area contributed by atoms with Crippen LogP contribution in [0.25, 0.3) is 0 Å². The van der Waals surface area contributed by atoms with Crippen LogP contribution in [0.3, 0.4) is 0 Å². The molecule has 5 nitrogen and oxygen atoms in total. The Morgan fingerprint density at radius 3 is 2.62 bits per heavy atom. The van der Waals surface area contributed by atoms with Crippen molar-refractivity contribution in [2.24, 2.45) is 17.3 Å². The zero-order valence-electron chi connectivity index (χ0n) is 14.5. The van der Waals surface area contributed by atoms with E-state index in [2.05, 4.69) is 18.0 Å². The number of aliphatic carboxylic acids is 1. The molecule has 3 saturated heterocycles. The van der Waals surface area contributed by atoms with E-state index >= 15 is 0 Å². The van der Waals surface area contributed by atoms with Crippen LogP contribution in [0.4, 0.5) is 0 Å². The zero-order chi connectivity index (χ0) is 17.2. The van der Waals surface area contributed by atoms with Gasteiger partial charge >= 0.3 is 0 Å². The Balaban J connectivity index is 1.49. The van der Waals surface area contributed by atoms with Crippen molar-refractivity contribution in [2.45, 2.75) is 57.4 Å². The molecule has 4 rings (SSSR count). The van der Waals surface area contributed by atoms with E-state index in [1.807, 2.05) is 0 Å². The van der Waals surface area contributed by atoms with E-state index < -0.39 is 5.97 Å². The second-order valence-electron chi connectivity index (χ2n) is 8.23. The molecule has 5 heteroatoms. The van der Waals surface area contributed by atoms with Crippen molar-refractivity contribution in [3.63, 3.8) is 0 Å². The lowest BCUT2D eigenvalue weighted by Gasteiger charge is -2.46. The lowest BCUT2D eigenvalue weighted by molar-refractivity contribution is -0.944. The lowest BCUT2D eigenvalue weighted by atomic mass is 9.75. The van der Waals surface area contributed by atoms with Gasteiger partial charge in [-0.05, 0) is 30.6 Å². The van der Waals surface area contributed by atoms with E-state index in [1.165, 1.54) is 13.0 Å². The van der Waals surface area contributed by atoms with Crippen molar-refractivity contribution in [3.8, 4) is 0 Å². The van der Waals surface area contributed by atoms with Gasteiger partial charge in [0, 0.05) is 31.1 Å². The first-order valence-electron chi connectivity index (χ1n) is 9.45. The number of carboxylic acid groups (broad SMARTS) is 1. The molecule has 1 unspecified atom stereocenters. The largest absolute Gasteiger partial charge is 0.550 e. The molecular formula is C19H30N2O3. The topological polar surface area (TPSA) is 73.7 Å². The summed E-state index contributed by atoms with van der Waals surface area (Å²) in [7, 11) is 0. The van der Waals surface area contributed by atoms with Crippen molar-refractivity contribution in [3.05, 3.63) is 12.7 Å².